The van der Waals surface area contributed by atoms with Crippen LogP contribution in [0.25, 0.3) is 5.65 Å². The number of aromatic nitrogens is 3. The van der Waals surface area contributed by atoms with Gasteiger partial charge in [0, 0.05) is 18.8 Å². The fraction of sp³-hybridized carbons (Fsp3) is 0.571. The second-order valence-electron chi connectivity index (χ2n) is 5.27. The summed E-state index contributed by atoms with van der Waals surface area (Å²) in [6.07, 6.45) is 5.96. The predicted octanol–water partition coefficient (Wildman–Crippen LogP) is 2.02. The van der Waals surface area contributed by atoms with E-state index >= 15 is 0 Å². The third kappa shape index (κ3) is 2.87. The Bertz CT molecular complexity index is 496. The number of likely N-dealkylation sites (tertiary alicyclic amines) is 1. The summed E-state index contributed by atoms with van der Waals surface area (Å²) < 4.78 is 1.80. The highest BCUT2D eigenvalue weighted by atomic mass is 15.3. The molecule has 1 aliphatic rings. The molecule has 1 saturated heterocycles. The van der Waals surface area contributed by atoms with Crippen LogP contribution in [0.1, 0.15) is 26.2 Å². The fourth-order valence-electron chi connectivity index (χ4n) is 2.63. The molecule has 2 aromatic rings. The number of hydrogen-bond donors (Lipinski definition) is 1. The maximum Gasteiger partial charge on any atom is 0.243 e. The predicted molar refractivity (Wildman–Crippen MR) is 76.4 cm³/mol. The third-order valence-corrected chi connectivity index (χ3v) is 3.81. The van der Waals surface area contributed by atoms with Crippen LogP contribution in [0, 0.1) is 0 Å². The van der Waals surface area contributed by atoms with E-state index in [1.807, 2.05) is 24.4 Å². The zero-order valence-electron chi connectivity index (χ0n) is 11.4. The largest absolute Gasteiger partial charge is 0.351 e. The molecule has 0 aromatic carbocycles. The summed E-state index contributed by atoms with van der Waals surface area (Å²) in [6.45, 7) is 5.62. The van der Waals surface area contributed by atoms with Gasteiger partial charge in [-0.1, -0.05) is 12.5 Å². The van der Waals surface area contributed by atoms with E-state index in [4.69, 9.17) is 0 Å². The topological polar surface area (TPSA) is 45.5 Å². The zero-order chi connectivity index (χ0) is 13.1. The SMILES string of the molecule is CC(CNc1nc2ccccn2n1)N1CCCCC1. The molecule has 0 aliphatic carbocycles. The summed E-state index contributed by atoms with van der Waals surface area (Å²) in [7, 11) is 0. The van der Waals surface area contributed by atoms with E-state index in [1.165, 1.54) is 32.4 Å². The molecule has 19 heavy (non-hydrogen) atoms. The van der Waals surface area contributed by atoms with E-state index in [0.717, 1.165) is 18.1 Å². The van der Waals surface area contributed by atoms with Gasteiger partial charge in [-0.2, -0.15) is 4.98 Å². The van der Waals surface area contributed by atoms with Gasteiger partial charge in [-0.25, -0.2) is 4.52 Å². The van der Waals surface area contributed by atoms with Gasteiger partial charge in [0.15, 0.2) is 5.65 Å². The van der Waals surface area contributed by atoms with Crippen molar-refractivity contribution in [1.29, 1.82) is 0 Å². The summed E-state index contributed by atoms with van der Waals surface area (Å²) >= 11 is 0. The summed E-state index contributed by atoms with van der Waals surface area (Å²) in [5.74, 6) is 0.718. The monoisotopic (exact) mass is 259 g/mol. The average Bonchev–Trinajstić information content (AvgIpc) is 2.88. The molecule has 3 rings (SSSR count). The molecule has 1 aliphatic heterocycles. The summed E-state index contributed by atoms with van der Waals surface area (Å²) in [4.78, 5) is 7.00. The number of pyridine rings is 1. The highest BCUT2D eigenvalue weighted by molar-refractivity contribution is 5.42. The van der Waals surface area contributed by atoms with E-state index in [9.17, 15) is 0 Å². The molecule has 0 radical (unpaired) electrons. The van der Waals surface area contributed by atoms with E-state index in [0.29, 0.717) is 6.04 Å². The lowest BCUT2D eigenvalue weighted by Crippen LogP contribution is -2.41. The van der Waals surface area contributed by atoms with Gasteiger partial charge in [-0.15, -0.1) is 5.10 Å². The number of nitrogens with zero attached hydrogens (tertiary/aromatic N) is 4. The van der Waals surface area contributed by atoms with Gasteiger partial charge >= 0.3 is 0 Å². The fourth-order valence-corrected chi connectivity index (χ4v) is 2.63. The van der Waals surface area contributed by atoms with Crippen molar-refractivity contribution >= 4 is 11.6 Å². The number of fused-ring (bicyclic) bond motifs is 1. The smallest absolute Gasteiger partial charge is 0.243 e. The molecular weight excluding hydrogens is 238 g/mol. The van der Waals surface area contributed by atoms with Crippen LogP contribution in [0.3, 0.4) is 0 Å². The van der Waals surface area contributed by atoms with Gasteiger partial charge in [0.1, 0.15) is 0 Å². The van der Waals surface area contributed by atoms with Crippen molar-refractivity contribution in [2.45, 2.75) is 32.2 Å². The highest BCUT2D eigenvalue weighted by Gasteiger charge is 2.16. The number of rotatable bonds is 4. The Morgan fingerprint density at radius 2 is 2.11 bits per heavy atom. The van der Waals surface area contributed by atoms with Gasteiger partial charge < -0.3 is 5.32 Å². The zero-order valence-corrected chi connectivity index (χ0v) is 11.4. The Balaban J connectivity index is 1.58. The van der Waals surface area contributed by atoms with Crippen LogP contribution in [0.5, 0.6) is 0 Å². The molecule has 5 heteroatoms. The molecule has 0 amide bonds. The van der Waals surface area contributed by atoms with Crippen LogP contribution >= 0.6 is 0 Å². The van der Waals surface area contributed by atoms with Gasteiger partial charge in [0.05, 0.1) is 0 Å². The van der Waals surface area contributed by atoms with Crippen LogP contribution < -0.4 is 5.32 Å². The van der Waals surface area contributed by atoms with E-state index in [2.05, 4.69) is 27.2 Å². The second kappa shape index (κ2) is 5.57. The van der Waals surface area contributed by atoms with Gasteiger partial charge in [0.2, 0.25) is 5.95 Å². The molecule has 1 fully saturated rings. The van der Waals surface area contributed by atoms with Crippen molar-refractivity contribution in [3.8, 4) is 0 Å². The molecule has 3 heterocycles. The maximum absolute atomic E-state index is 4.45. The van der Waals surface area contributed by atoms with Gasteiger partial charge in [0.25, 0.3) is 0 Å². The number of piperidine rings is 1. The first-order valence-corrected chi connectivity index (χ1v) is 7.12. The van der Waals surface area contributed by atoms with Crippen LogP contribution in [-0.4, -0.2) is 45.2 Å². The maximum atomic E-state index is 4.45. The second-order valence-corrected chi connectivity index (χ2v) is 5.27. The minimum Gasteiger partial charge on any atom is -0.351 e. The van der Waals surface area contributed by atoms with Crippen molar-refractivity contribution in [2.24, 2.45) is 0 Å². The van der Waals surface area contributed by atoms with Crippen molar-refractivity contribution < 1.29 is 0 Å². The molecule has 2 aromatic heterocycles. The number of nitrogens with one attached hydrogen (secondary N) is 1. The minimum atomic E-state index is 0.534. The third-order valence-electron chi connectivity index (χ3n) is 3.81. The van der Waals surface area contributed by atoms with Gasteiger partial charge in [-0.3, -0.25) is 4.90 Å². The molecule has 5 nitrogen and oxygen atoms in total. The Kier molecular flexibility index (Phi) is 3.64. The highest BCUT2D eigenvalue weighted by Crippen LogP contribution is 2.12. The van der Waals surface area contributed by atoms with Crippen LogP contribution in [0.15, 0.2) is 24.4 Å². The lowest BCUT2D eigenvalue weighted by Gasteiger charge is -2.32. The van der Waals surface area contributed by atoms with Crippen LogP contribution in [0.2, 0.25) is 0 Å². The van der Waals surface area contributed by atoms with Crippen molar-refractivity contribution in [3.05, 3.63) is 24.4 Å². The van der Waals surface area contributed by atoms with Crippen molar-refractivity contribution in [3.63, 3.8) is 0 Å². The molecular formula is C14H21N5. The first-order chi connectivity index (χ1) is 9.33. The lowest BCUT2D eigenvalue weighted by atomic mass is 10.1. The molecule has 102 valence electrons. The normalized spacial score (nSPS) is 18.6. The Morgan fingerprint density at radius 1 is 1.26 bits per heavy atom. The number of hydrogen-bond acceptors (Lipinski definition) is 4. The van der Waals surface area contributed by atoms with Crippen LogP contribution in [-0.2, 0) is 0 Å². The molecule has 1 N–H and O–H groups in total. The summed E-state index contributed by atoms with van der Waals surface area (Å²) in [6, 6.07) is 6.44. The standard InChI is InChI=1S/C14H21N5/c1-12(18-8-4-2-5-9-18)11-15-14-16-13-7-3-6-10-19(13)17-14/h3,6-7,10,12H,2,4-5,8-9,11H2,1H3,(H,15,17). The Labute approximate surface area is 113 Å². The Hall–Kier alpha value is -1.62. The van der Waals surface area contributed by atoms with Crippen molar-refractivity contribution in [2.75, 3.05) is 25.0 Å². The first kappa shape index (κ1) is 12.4. The summed E-state index contributed by atoms with van der Waals surface area (Å²) in [5, 5.41) is 7.75. The van der Waals surface area contributed by atoms with E-state index < -0.39 is 0 Å². The lowest BCUT2D eigenvalue weighted by molar-refractivity contribution is 0.180. The first-order valence-electron chi connectivity index (χ1n) is 7.12. The summed E-state index contributed by atoms with van der Waals surface area (Å²) in [5.41, 5.74) is 0.885. The van der Waals surface area contributed by atoms with Crippen LogP contribution in [0.4, 0.5) is 5.95 Å². The molecule has 0 saturated carbocycles. The van der Waals surface area contributed by atoms with E-state index in [1.54, 1.807) is 4.52 Å². The Morgan fingerprint density at radius 3 is 2.89 bits per heavy atom. The molecule has 1 unspecified atom stereocenters. The van der Waals surface area contributed by atoms with Gasteiger partial charge in [-0.05, 0) is 45.0 Å². The van der Waals surface area contributed by atoms with E-state index in [-0.39, 0.29) is 0 Å². The quantitative estimate of drug-likeness (QED) is 0.912. The minimum absolute atomic E-state index is 0.534. The number of anilines is 1. The average molecular weight is 259 g/mol. The molecule has 1 atom stereocenters. The van der Waals surface area contributed by atoms with Crippen molar-refractivity contribution in [1.82, 2.24) is 19.5 Å². The molecule has 0 spiro atoms. The molecule has 0 bridgehead atoms.